The highest BCUT2D eigenvalue weighted by Crippen LogP contribution is 2.77. The third-order valence-corrected chi connectivity index (χ3v) is 15.4. The Balaban J connectivity index is 3.82. The van der Waals surface area contributed by atoms with Gasteiger partial charge in [-0.05, 0) is 0 Å². The van der Waals surface area contributed by atoms with Crippen molar-refractivity contribution in [1.29, 1.82) is 0 Å². The molecule has 0 spiro atoms. The van der Waals surface area contributed by atoms with Crippen molar-refractivity contribution in [3.05, 3.63) is 0 Å². The monoisotopic (exact) mass is 208 g/mol. The first-order valence-corrected chi connectivity index (χ1v) is 9.86. The van der Waals surface area contributed by atoms with Gasteiger partial charge in [0.2, 0.25) is 0 Å². The summed E-state index contributed by atoms with van der Waals surface area (Å²) in [6.07, 6.45) is 0. The van der Waals surface area contributed by atoms with E-state index in [0.717, 1.165) is 0 Å². The van der Waals surface area contributed by atoms with Crippen LogP contribution in [0.1, 0.15) is 0 Å². The molecule has 0 aliphatic carbocycles. The van der Waals surface area contributed by atoms with Crippen LogP contribution in [-0.2, 0) is 4.79 Å². The molecule has 0 saturated heterocycles. The van der Waals surface area contributed by atoms with E-state index in [-0.39, 0.29) is 0 Å². The van der Waals surface area contributed by atoms with Gasteiger partial charge in [-0.2, -0.15) is 3.89 Å². The first-order valence-electron chi connectivity index (χ1n) is 1.52. The molecule has 0 radical (unpaired) electrons. The fourth-order valence-corrected chi connectivity index (χ4v) is 4.83. The summed E-state index contributed by atoms with van der Waals surface area (Å²) in [5.41, 5.74) is 0. The van der Waals surface area contributed by atoms with Crippen LogP contribution in [0.25, 0.3) is 0 Å². The minimum atomic E-state index is -1.61. The summed E-state index contributed by atoms with van der Waals surface area (Å²) in [5, 5.41) is 1.33. The molecule has 7 heteroatoms. The molecule has 0 N–H and O–H groups in total. The molecule has 0 saturated carbocycles. The Hall–Kier alpha value is 1.58. The van der Waals surface area contributed by atoms with Crippen molar-refractivity contribution in [2.24, 2.45) is 0 Å². The van der Waals surface area contributed by atoms with Crippen LogP contribution in [-0.4, -0.2) is 5.23 Å². The molecular weight excluding hydrogens is 203 g/mol. The molecule has 48 valence electrons. The molecule has 0 amide bonds. The van der Waals surface area contributed by atoms with Gasteiger partial charge in [-0.15, -0.1) is 8.93 Å². The predicted molar refractivity (Wildman–Crippen MR) is 49.0 cm³/mol. The predicted octanol–water partition coefficient (Wildman–Crippen LogP) is 2.78. The number of hydrogen-bond donors (Lipinski definition) is 0. The average molecular weight is 208 g/mol. The summed E-state index contributed by atoms with van der Waals surface area (Å²) in [4.78, 5) is 9.62. The van der Waals surface area contributed by atoms with Crippen LogP contribution in [0.4, 0.5) is 3.89 Å². The second-order valence-corrected chi connectivity index (χ2v) is 14.2. The summed E-state index contributed by atoms with van der Waals surface area (Å²) in [5.74, 6) is 0. The Morgan fingerprint density at radius 2 is 2.38 bits per heavy atom. The van der Waals surface area contributed by atoms with Gasteiger partial charge in [-0.3, -0.25) is 0 Å². The molecule has 0 aromatic heterocycles. The zero-order valence-corrected chi connectivity index (χ0v) is 8.82. The number of carbonyl (C=O) groups excluding carboxylic acids is 1. The van der Waals surface area contributed by atoms with Gasteiger partial charge >= 0.3 is 0 Å². The lowest BCUT2D eigenvalue weighted by Crippen LogP contribution is -1.39. The van der Waals surface area contributed by atoms with Crippen molar-refractivity contribution in [3.8, 4) is 0 Å². The molecule has 0 aromatic rings. The molecule has 8 heavy (non-hydrogen) atoms. The van der Waals surface area contributed by atoms with E-state index >= 15 is 0 Å². The molecule has 0 fully saturated rings. The SMILES string of the molecule is O=C=S(F)P(P)PP. The summed E-state index contributed by atoms with van der Waals surface area (Å²) < 4.78 is 12.1. The standard InChI is InChI=1S/CH5FOP4S/c2-8(1-3)7(5)6-4/h6H,4-5H2. The van der Waals surface area contributed by atoms with E-state index in [1.165, 1.54) is 5.23 Å². The Kier molecular flexibility index (Phi) is 6.43. The molecule has 0 rings (SSSR count). The maximum Gasteiger partial charge on any atom is 0.192 e. The van der Waals surface area contributed by atoms with E-state index < -0.39 is 17.0 Å². The molecule has 5 unspecified atom stereocenters. The first kappa shape index (κ1) is 9.58. The quantitative estimate of drug-likeness (QED) is 0.503. The van der Waals surface area contributed by atoms with Crippen LogP contribution in [0.15, 0.2) is 0 Å². The van der Waals surface area contributed by atoms with Gasteiger partial charge in [0, 0.05) is 6.50 Å². The van der Waals surface area contributed by atoms with Crippen molar-refractivity contribution in [3.63, 3.8) is 0 Å². The van der Waals surface area contributed by atoms with Crippen LogP contribution in [0, 0.1) is 0 Å². The first-order chi connectivity index (χ1) is 3.72. The topological polar surface area (TPSA) is 17.1 Å². The molecule has 0 aromatic carbocycles. The van der Waals surface area contributed by atoms with Crippen molar-refractivity contribution in [2.75, 3.05) is 0 Å². The van der Waals surface area contributed by atoms with E-state index in [4.69, 9.17) is 0 Å². The molecule has 5 atom stereocenters. The Morgan fingerprint density at radius 1 is 1.88 bits per heavy atom. The fraction of sp³-hybridized carbons (Fsp3) is 0. The Morgan fingerprint density at radius 3 is 2.50 bits per heavy atom. The van der Waals surface area contributed by atoms with E-state index in [1.54, 1.807) is 0 Å². The van der Waals surface area contributed by atoms with Gasteiger partial charge in [0.05, 0.1) is 0 Å². The number of hydrogen-bond acceptors (Lipinski definition) is 1. The van der Waals surface area contributed by atoms with E-state index in [0.29, 0.717) is 7.96 Å². The lowest BCUT2D eigenvalue weighted by atomic mass is 11.9. The Labute approximate surface area is 57.2 Å². The van der Waals surface area contributed by atoms with Crippen molar-refractivity contribution in [1.82, 2.24) is 0 Å². The summed E-state index contributed by atoms with van der Waals surface area (Å²) in [6.45, 7) is -0.795. The molecule has 0 aliphatic rings. The second kappa shape index (κ2) is 5.37. The molecule has 0 aliphatic heterocycles. The molecule has 0 bridgehead atoms. The fourth-order valence-electron chi connectivity index (χ4n) is 0.0864. The normalized spacial score (nSPS) is 18.4. The van der Waals surface area contributed by atoms with Crippen LogP contribution in [0.2, 0.25) is 0 Å². The van der Waals surface area contributed by atoms with Gasteiger partial charge in [-0.1, -0.05) is 16.9 Å². The second-order valence-electron chi connectivity index (χ2n) is 0.776. The summed E-state index contributed by atoms with van der Waals surface area (Å²) >= 11 is 0. The minimum Gasteiger partial charge on any atom is -0.224 e. The maximum absolute atomic E-state index is 12.1. The number of rotatable bonds is 2. The summed E-state index contributed by atoms with van der Waals surface area (Å²) in [6, 6.07) is 0. The van der Waals surface area contributed by atoms with Gasteiger partial charge in [-0.25, -0.2) is 4.79 Å². The summed E-state index contributed by atoms with van der Waals surface area (Å²) in [7, 11) is 3.57. The maximum atomic E-state index is 12.1. The largest absolute Gasteiger partial charge is 0.224 e. The van der Waals surface area contributed by atoms with Crippen LogP contribution in [0.3, 0.4) is 0 Å². The highest BCUT2D eigenvalue weighted by atomic mass is 33.1. The van der Waals surface area contributed by atoms with Gasteiger partial charge in [0.15, 0.2) is 5.23 Å². The molecular formula is CH5FOP4S. The van der Waals surface area contributed by atoms with Crippen LogP contribution >= 0.6 is 42.8 Å². The van der Waals surface area contributed by atoms with Crippen molar-refractivity contribution < 1.29 is 8.68 Å². The highest BCUT2D eigenvalue weighted by Gasteiger charge is 2.02. The third kappa shape index (κ3) is 3.58. The van der Waals surface area contributed by atoms with Gasteiger partial charge < -0.3 is 0 Å². The number of halogens is 1. The van der Waals surface area contributed by atoms with Crippen LogP contribution in [0.5, 0.6) is 0 Å². The van der Waals surface area contributed by atoms with Gasteiger partial charge in [0.25, 0.3) is 0 Å². The lowest BCUT2D eigenvalue weighted by molar-refractivity contribution is 0.571. The highest BCUT2D eigenvalue weighted by molar-refractivity contribution is 8.96. The molecule has 1 nitrogen and oxygen atoms in total. The Bertz CT molecular complexity index is 121. The van der Waals surface area contributed by atoms with E-state index in [2.05, 4.69) is 17.9 Å². The average Bonchev–Trinajstić information content (AvgIpc) is 1.84. The molecule has 0 heterocycles. The zero-order chi connectivity index (χ0) is 6.57. The minimum absolute atomic E-state index is 0.438. The van der Waals surface area contributed by atoms with Crippen LogP contribution < -0.4 is 0 Å². The zero-order valence-electron chi connectivity index (χ0n) is 3.80. The lowest BCUT2D eigenvalue weighted by Gasteiger charge is -1.99. The van der Waals surface area contributed by atoms with E-state index in [9.17, 15) is 8.68 Å². The van der Waals surface area contributed by atoms with Crippen molar-refractivity contribution >= 4 is 48.0 Å². The van der Waals surface area contributed by atoms with Gasteiger partial charge in [0.1, 0.15) is 10.5 Å². The van der Waals surface area contributed by atoms with E-state index in [1.807, 2.05) is 0 Å². The third-order valence-electron chi connectivity index (χ3n) is 0.369. The smallest absolute Gasteiger partial charge is 0.192 e. The van der Waals surface area contributed by atoms with Crippen molar-refractivity contribution in [2.45, 2.75) is 0 Å².